The summed E-state index contributed by atoms with van der Waals surface area (Å²) >= 11 is 5.68. The van der Waals surface area contributed by atoms with E-state index in [1.165, 1.54) is 6.07 Å². The van der Waals surface area contributed by atoms with Gasteiger partial charge in [-0.1, -0.05) is 0 Å². The van der Waals surface area contributed by atoms with Gasteiger partial charge in [0.15, 0.2) is 0 Å². The van der Waals surface area contributed by atoms with Gasteiger partial charge in [0, 0.05) is 0 Å². The van der Waals surface area contributed by atoms with Crippen LogP contribution in [0.1, 0.15) is 0 Å². The number of nitro benzene ring substituents is 1. The van der Waals surface area contributed by atoms with Gasteiger partial charge in [-0.2, -0.15) is 0 Å². The topological polar surface area (TPSA) is 56.0 Å². The predicted octanol–water partition coefficient (Wildman–Crippen LogP) is 1.85. The molecule has 0 aliphatic rings. The van der Waals surface area contributed by atoms with Crippen molar-refractivity contribution in [2.24, 2.45) is 0 Å². The van der Waals surface area contributed by atoms with E-state index >= 15 is 0 Å². The van der Waals surface area contributed by atoms with Crippen LogP contribution in [0, 0.1) is 10.1 Å². The van der Waals surface area contributed by atoms with Crippen molar-refractivity contribution in [3.8, 4) is 0 Å². The standard InChI is InChI=1S/C7H3ClN2O2Se/c8-5-1-4-3-9-13-7(4)2-6(5)10(11)12/h1-3H. The number of nitrogens with zero attached hydrogens (tertiary/aromatic N) is 2. The maximum atomic E-state index is 10.5. The van der Waals surface area contributed by atoms with E-state index in [4.69, 9.17) is 11.6 Å². The average molecular weight is 262 g/mol. The molecule has 2 aromatic rings. The van der Waals surface area contributed by atoms with Crippen LogP contribution in [0.2, 0.25) is 5.02 Å². The number of halogens is 1. The summed E-state index contributed by atoms with van der Waals surface area (Å²) in [6, 6.07) is 3.10. The Bertz CT molecular complexity index is 482. The fourth-order valence-corrected chi connectivity index (χ4v) is 2.65. The molecular formula is C7H3ClN2O2Se. The Labute approximate surface area is 84.3 Å². The van der Waals surface area contributed by atoms with Crippen molar-refractivity contribution in [3.05, 3.63) is 33.5 Å². The quantitative estimate of drug-likeness (QED) is 0.447. The third-order valence-electron chi connectivity index (χ3n) is 1.62. The van der Waals surface area contributed by atoms with E-state index in [9.17, 15) is 10.1 Å². The van der Waals surface area contributed by atoms with Crippen LogP contribution >= 0.6 is 11.6 Å². The van der Waals surface area contributed by atoms with Gasteiger partial charge < -0.3 is 0 Å². The zero-order valence-corrected chi connectivity index (χ0v) is 8.70. The SMILES string of the molecule is O=[N+]([O-])c1cc2[se]ncc2cc1Cl. The van der Waals surface area contributed by atoms with E-state index in [0.29, 0.717) is 0 Å². The van der Waals surface area contributed by atoms with Crippen LogP contribution in [0.15, 0.2) is 18.3 Å². The molecule has 1 aromatic carbocycles. The summed E-state index contributed by atoms with van der Waals surface area (Å²) in [5.41, 5.74) is -0.0345. The molecule has 13 heavy (non-hydrogen) atoms. The molecule has 66 valence electrons. The average Bonchev–Trinajstić information content (AvgIpc) is 2.48. The van der Waals surface area contributed by atoms with Crippen molar-refractivity contribution in [2.75, 3.05) is 0 Å². The number of benzene rings is 1. The van der Waals surface area contributed by atoms with Crippen LogP contribution in [-0.4, -0.2) is 23.6 Å². The number of nitro groups is 1. The van der Waals surface area contributed by atoms with Gasteiger partial charge in [-0.05, 0) is 0 Å². The fourth-order valence-electron chi connectivity index (χ4n) is 1.02. The van der Waals surface area contributed by atoms with Crippen molar-refractivity contribution < 1.29 is 4.92 Å². The Balaban J connectivity index is 2.76. The van der Waals surface area contributed by atoms with E-state index in [1.54, 1.807) is 12.3 Å². The summed E-state index contributed by atoms with van der Waals surface area (Å²) in [4.78, 5) is 10.0. The molecule has 0 radical (unpaired) electrons. The van der Waals surface area contributed by atoms with Crippen molar-refractivity contribution in [1.29, 1.82) is 0 Å². The van der Waals surface area contributed by atoms with Crippen LogP contribution in [-0.2, 0) is 0 Å². The second-order valence-electron chi connectivity index (χ2n) is 2.42. The molecule has 1 aromatic heterocycles. The number of hydrogen-bond donors (Lipinski definition) is 0. The van der Waals surface area contributed by atoms with E-state index in [1.807, 2.05) is 0 Å². The van der Waals surface area contributed by atoms with E-state index < -0.39 is 4.92 Å². The van der Waals surface area contributed by atoms with Gasteiger partial charge in [0.05, 0.1) is 0 Å². The molecule has 0 N–H and O–H groups in total. The van der Waals surface area contributed by atoms with E-state index in [-0.39, 0.29) is 25.4 Å². The molecule has 2 rings (SSSR count). The maximum absolute atomic E-state index is 10.5. The van der Waals surface area contributed by atoms with Gasteiger partial charge in [-0.3, -0.25) is 0 Å². The molecule has 0 saturated carbocycles. The fraction of sp³-hybridized carbons (Fsp3) is 0. The Morgan fingerprint density at radius 2 is 2.31 bits per heavy atom. The molecule has 0 atom stereocenters. The van der Waals surface area contributed by atoms with Gasteiger partial charge >= 0.3 is 84.0 Å². The van der Waals surface area contributed by atoms with Gasteiger partial charge in [0.1, 0.15) is 0 Å². The van der Waals surface area contributed by atoms with E-state index in [2.05, 4.69) is 3.98 Å². The Morgan fingerprint density at radius 1 is 1.54 bits per heavy atom. The van der Waals surface area contributed by atoms with Crippen LogP contribution in [0.4, 0.5) is 5.69 Å². The molecule has 0 spiro atoms. The zero-order valence-electron chi connectivity index (χ0n) is 6.23. The molecule has 0 aliphatic heterocycles. The van der Waals surface area contributed by atoms with Crippen molar-refractivity contribution in [2.45, 2.75) is 0 Å². The van der Waals surface area contributed by atoms with E-state index in [0.717, 1.165) is 9.65 Å². The third kappa shape index (κ3) is 1.46. The van der Waals surface area contributed by atoms with Crippen molar-refractivity contribution in [1.82, 2.24) is 3.98 Å². The normalized spacial score (nSPS) is 10.5. The second-order valence-corrected chi connectivity index (χ2v) is 4.58. The second kappa shape index (κ2) is 3.10. The monoisotopic (exact) mass is 262 g/mol. The Kier molecular flexibility index (Phi) is 2.07. The first-order valence-electron chi connectivity index (χ1n) is 3.37. The summed E-state index contributed by atoms with van der Waals surface area (Å²) in [7, 11) is 0. The molecule has 0 unspecified atom stereocenters. The molecule has 4 nitrogen and oxygen atoms in total. The molecule has 0 bridgehead atoms. The number of rotatable bonds is 1. The number of aromatic nitrogens is 1. The van der Waals surface area contributed by atoms with Gasteiger partial charge in [-0.15, -0.1) is 0 Å². The number of hydrogen-bond acceptors (Lipinski definition) is 3. The van der Waals surface area contributed by atoms with Crippen LogP contribution < -0.4 is 0 Å². The Morgan fingerprint density at radius 3 is 3.00 bits per heavy atom. The van der Waals surface area contributed by atoms with Crippen molar-refractivity contribution >= 4 is 41.7 Å². The summed E-state index contributed by atoms with van der Waals surface area (Å²) in [5, 5.41) is 11.6. The summed E-state index contributed by atoms with van der Waals surface area (Å²) in [5.74, 6) is 0. The molecule has 0 aliphatic carbocycles. The third-order valence-corrected chi connectivity index (χ3v) is 3.52. The predicted molar refractivity (Wildman–Crippen MR) is 50.3 cm³/mol. The first-order valence-corrected chi connectivity index (χ1v) is 5.37. The summed E-state index contributed by atoms with van der Waals surface area (Å²) < 4.78 is 4.97. The first-order chi connectivity index (χ1) is 6.18. The molecule has 0 saturated heterocycles. The van der Waals surface area contributed by atoms with Crippen LogP contribution in [0.5, 0.6) is 0 Å². The Hall–Kier alpha value is -0.901. The molecule has 1 heterocycles. The van der Waals surface area contributed by atoms with Gasteiger partial charge in [0.2, 0.25) is 0 Å². The molecular weight excluding hydrogens is 259 g/mol. The summed E-state index contributed by atoms with van der Waals surface area (Å²) in [6.07, 6.45) is 1.70. The minimum atomic E-state index is -0.475. The molecule has 6 heteroatoms. The van der Waals surface area contributed by atoms with Crippen LogP contribution in [0.25, 0.3) is 9.65 Å². The van der Waals surface area contributed by atoms with Gasteiger partial charge in [-0.25, -0.2) is 0 Å². The summed E-state index contributed by atoms with van der Waals surface area (Å²) in [6.45, 7) is 0. The molecule has 0 amide bonds. The number of fused-ring (bicyclic) bond motifs is 1. The minimum absolute atomic E-state index is 0.0231. The molecule has 0 fully saturated rings. The van der Waals surface area contributed by atoms with Gasteiger partial charge in [0.25, 0.3) is 0 Å². The van der Waals surface area contributed by atoms with Crippen LogP contribution in [0.3, 0.4) is 0 Å². The van der Waals surface area contributed by atoms with Crippen molar-refractivity contribution in [3.63, 3.8) is 0 Å². The first kappa shape index (κ1) is 8.69. The zero-order chi connectivity index (χ0) is 9.42.